The molecular weight excluding hydrogens is 211 g/mol. The fourth-order valence-corrected chi connectivity index (χ4v) is 1.35. The number of benzene rings is 1. The van der Waals surface area contributed by atoms with Crippen molar-refractivity contribution in [1.82, 2.24) is 0 Å². The zero-order chi connectivity index (χ0) is 12.1. The first kappa shape index (κ1) is 12.6. The molecule has 1 unspecified atom stereocenters. The summed E-state index contributed by atoms with van der Waals surface area (Å²) in [7, 11) is 1.47. The summed E-state index contributed by atoms with van der Waals surface area (Å²) in [6.07, 6.45) is 0.697. The van der Waals surface area contributed by atoms with Crippen LogP contribution >= 0.6 is 0 Å². The largest absolute Gasteiger partial charge is 0.495 e. The summed E-state index contributed by atoms with van der Waals surface area (Å²) in [6.45, 7) is 1.85. The second-order valence-electron chi connectivity index (χ2n) is 3.51. The van der Waals surface area contributed by atoms with Crippen LogP contribution in [0.25, 0.3) is 0 Å². The van der Waals surface area contributed by atoms with Gasteiger partial charge in [0, 0.05) is 18.2 Å². The highest BCUT2D eigenvalue weighted by Gasteiger charge is 2.11. The SMILES string of the molecule is CCC(CO)Nc1cc(OC)c(N)cc1F. The maximum atomic E-state index is 13.5. The molecule has 0 aliphatic carbocycles. The van der Waals surface area contributed by atoms with Gasteiger partial charge in [0.2, 0.25) is 0 Å². The van der Waals surface area contributed by atoms with Gasteiger partial charge < -0.3 is 20.9 Å². The van der Waals surface area contributed by atoms with Crippen LogP contribution in [0.3, 0.4) is 0 Å². The average molecular weight is 228 g/mol. The zero-order valence-electron chi connectivity index (χ0n) is 9.46. The molecule has 0 amide bonds. The number of ether oxygens (including phenoxy) is 1. The summed E-state index contributed by atoms with van der Waals surface area (Å²) < 4.78 is 18.5. The maximum absolute atomic E-state index is 13.5. The first-order chi connectivity index (χ1) is 7.62. The molecule has 0 saturated carbocycles. The molecule has 4 nitrogen and oxygen atoms in total. The summed E-state index contributed by atoms with van der Waals surface area (Å²) >= 11 is 0. The van der Waals surface area contributed by atoms with E-state index in [0.717, 1.165) is 0 Å². The van der Waals surface area contributed by atoms with Gasteiger partial charge in [0.25, 0.3) is 0 Å². The van der Waals surface area contributed by atoms with E-state index in [9.17, 15) is 4.39 Å². The minimum atomic E-state index is -0.454. The number of halogens is 1. The van der Waals surface area contributed by atoms with E-state index < -0.39 is 5.82 Å². The number of nitrogen functional groups attached to an aromatic ring is 1. The number of anilines is 2. The van der Waals surface area contributed by atoms with E-state index in [0.29, 0.717) is 12.2 Å². The van der Waals surface area contributed by atoms with Gasteiger partial charge in [0.1, 0.15) is 11.6 Å². The molecule has 0 spiro atoms. The van der Waals surface area contributed by atoms with Crippen LogP contribution in [-0.4, -0.2) is 24.9 Å². The highest BCUT2D eigenvalue weighted by molar-refractivity contribution is 5.62. The molecule has 16 heavy (non-hydrogen) atoms. The van der Waals surface area contributed by atoms with Gasteiger partial charge in [-0.15, -0.1) is 0 Å². The zero-order valence-corrected chi connectivity index (χ0v) is 9.46. The number of nitrogens with one attached hydrogen (secondary N) is 1. The fraction of sp³-hybridized carbons (Fsp3) is 0.455. The predicted octanol–water partition coefficient (Wildman–Crippen LogP) is 1.60. The van der Waals surface area contributed by atoms with Crippen molar-refractivity contribution in [1.29, 1.82) is 0 Å². The summed E-state index contributed by atoms with van der Waals surface area (Å²) in [5, 5.41) is 11.9. The molecule has 0 radical (unpaired) electrons. The minimum Gasteiger partial charge on any atom is -0.495 e. The van der Waals surface area contributed by atoms with Crippen LogP contribution in [0.1, 0.15) is 13.3 Å². The molecule has 0 saturated heterocycles. The molecule has 90 valence electrons. The van der Waals surface area contributed by atoms with E-state index in [1.54, 1.807) is 0 Å². The molecule has 1 atom stereocenters. The van der Waals surface area contributed by atoms with Crippen LogP contribution in [0.4, 0.5) is 15.8 Å². The van der Waals surface area contributed by atoms with Gasteiger partial charge >= 0.3 is 0 Å². The van der Waals surface area contributed by atoms with Gasteiger partial charge in [-0.05, 0) is 6.42 Å². The maximum Gasteiger partial charge on any atom is 0.148 e. The molecule has 1 aromatic rings. The van der Waals surface area contributed by atoms with Crippen molar-refractivity contribution < 1.29 is 14.2 Å². The van der Waals surface area contributed by atoms with E-state index in [1.165, 1.54) is 19.2 Å². The van der Waals surface area contributed by atoms with Gasteiger partial charge in [-0.25, -0.2) is 4.39 Å². The molecule has 0 heterocycles. The lowest BCUT2D eigenvalue weighted by Gasteiger charge is -2.17. The number of aliphatic hydroxyl groups excluding tert-OH is 1. The molecular formula is C11H17FN2O2. The molecule has 4 N–H and O–H groups in total. The van der Waals surface area contributed by atoms with Crippen molar-refractivity contribution >= 4 is 11.4 Å². The Balaban J connectivity index is 2.95. The van der Waals surface area contributed by atoms with Gasteiger partial charge in [-0.1, -0.05) is 6.92 Å². The molecule has 0 fully saturated rings. The van der Waals surface area contributed by atoms with E-state index >= 15 is 0 Å². The Hall–Kier alpha value is -1.49. The van der Waals surface area contributed by atoms with Crippen molar-refractivity contribution in [3.63, 3.8) is 0 Å². The Morgan fingerprint density at radius 1 is 1.56 bits per heavy atom. The van der Waals surface area contributed by atoms with Crippen LogP contribution in [0.5, 0.6) is 5.75 Å². The lowest BCUT2D eigenvalue weighted by Crippen LogP contribution is -2.23. The van der Waals surface area contributed by atoms with Crippen molar-refractivity contribution in [2.24, 2.45) is 0 Å². The normalized spacial score (nSPS) is 12.2. The minimum absolute atomic E-state index is 0.0529. The topological polar surface area (TPSA) is 67.5 Å². The number of hydrogen-bond acceptors (Lipinski definition) is 4. The van der Waals surface area contributed by atoms with Gasteiger partial charge in [-0.2, -0.15) is 0 Å². The van der Waals surface area contributed by atoms with Crippen molar-refractivity contribution in [2.75, 3.05) is 24.8 Å². The second-order valence-corrected chi connectivity index (χ2v) is 3.51. The van der Waals surface area contributed by atoms with Crippen LogP contribution in [-0.2, 0) is 0 Å². The Kier molecular flexibility index (Phi) is 4.37. The molecule has 1 rings (SSSR count). The molecule has 0 aliphatic heterocycles. The third-order valence-electron chi connectivity index (χ3n) is 2.39. The quantitative estimate of drug-likeness (QED) is 0.670. The standard InChI is InChI=1S/C11H17FN2O2/c1-3-7(6-15)14-10-5-11(16-2)9(13)4-8(10)12/h4-5,7,14-15H,3,6,13H2,1-2H3. The smallest absolute Gasteiger partial charge is 0.148 e. The highest BCUT2D eigenvalue weighted by Crippen LogP contribution is 2.28. The molecule has 0 bridgehead atoms. The second kappa shape index (κ2) is 5.55. The number of nitrogens with two attached hydrogens (primary N) is 1. The summed E-state index contributed by atoms with van der Waals surface area (Å²) in [5.41, 5.74) is 6.09. The third kappa shape index (κ3) is 2.76. The highest BCUT2D eigenvalue weighted by atomic mass is 19.1. The summed E-state index contributed by atoms with van der Waals surface area (Å²) in [6, 6.07) is 2.51. The number of aliphatic hydroxyl groups is 1. The summed E-state index contributed by atoms with van der Waals surface area (Å²) in [5.74, 6) is -0.0399. The Morgan fingerprint density at radius 3 is 2.75 bits per heavy atom. The van der Waals surface area contributed by atoms with Crippen LogP contribution < -0.4 is 15.8 Å². The lowest BCUT2D eigenvalue weighted by atomic mass is 10.2. The first-order valence-electron chi connectivity index (χ1n) is 5.12. The first-order valence-corrected chi connectivity index (χ1v) is 5.12. The number of rotatable bonds is 5. The lowest BCUT2D eigenvalue weighted by molar-refractivity contribution is 0.271. The average Bonchev–Trinajstić information content (AvgIpc) is 2.28. The molecule has 0 aromatic heterocycles. The fourth-order valence-electron chi connectivity index (χ4n) is 1.35. The Bertz CT molecular complexity index is 354. The molecule has 1 aromatic carbocycles. The van der Waals surface area contributed by atoms with Gasteiger partial charge in [-0.3, -0.25) is 0 Å². The van der Waals surface area contributed by atoms with Crippen LogP contribution in [0, 0.1) is 5.82 Å². The van der Waals surface area contributed by atoms with Crippen LogP contribution in [0.2, 0.25) is 0 Å². The van der Waals surface area contributed by atoms with Crippen LogP contribution in [0.15, 0.2) is 12.1 Å². The Morgan fingerprint density at radius 2 is 2.25 bits per heavy atom. The van der Waals surface area contributed by atoms with E-state index in [1.807, 2.05) is 6.92 Å². The molecule has 5 heteroatoms. The van der Waals surface area contributed by atoms with E-state index in [-0.39, 0.29) is 24.0 Å². The number of hydrogen-bond donors (Lipinski definition) is 3. The van der Waals surface area contributed by atoms with Crippen molar-refractivity contribution in [2.45, 2.75) is 19.4 Å². The Labute approximate surface area is 94.2 Å². The van der Waals surface area contributed by atoms with Crippen molar-refractivity contribution in [3.05, 3.63) is 17.9 Å². The van der Waals surface area contributed by atoms with Crippen molar-refractivity contribution in [3.8, 4) is 5.75 Å². The predicted molar refractivity (Wildman–Crippen MR) is 62.2 cm³/mol. The van der Waals surface area contributed by atoms with E-state index in [4.69, 9.17) is 15.6 Å². The summed E-state index contributed by atoms with van der Waals surface area (Å²) in [4.78, 5) is 0. The monoisotopic (exact) mass is 228 g/mol. The third-order valence-corrected chi connectivity index (χ3v) is 2.39. The molecule has 0 aliphatic rings. The van der Waals surface area contributed by atoms with Gasteiger partial charge in [0.15, 0.2) is 0 Å². The number of methoxy groups -OCH3 is 1. The van der Waals surface area contributed by atoms with Gasteiger partial charge in [0.05, 0.1) is 25.1 Å². The van der Waals surface area contributed by atoms with E-state index in [2.05, 4.69) is 5.32 Å².